The molecule has 21 heavy (non-hydrogen) atoms. The lowest BCUT2D eigenvalue weighted by molar-refractivity contribution is -0.129. The Hall–Kier alpha value is -1.36. The van der Waals surface area contributed by atoms with E-state index in [2.05, 4.69) is 16.8 Å². The number of aryl methyl sites for hydroxylation is 1. The highest BCUT2D eigenvalue weighted by molar-refractivity contribution is 6.30. The zero-order valence-electron chi connectivity index (χ0n) is 12.6. The van der Waals surface area contributed by atoms with Gasteiger partial charge in [-0.3, -0.25) is 4.79 Å². The summed E-state index contributed by atoms with van der Waals surface area (Å²) in [6.45, 7) is 6.54. The Bertz CT molecular complexity index is 563. The van der Waals surface area contributed by atoms with Crippen LogP contribution >= 0.6 is 11.6 Å². The first-order chi connectivity index (χ1) is 10.1. The number of aromatic nitrogens is 2. The molecule has 3 heterocycles. The molecule has 0 aromatic carbocycles. The highest BCUT2D eigenvalue weighted by Crippen LogP contribution is 2.29. The first-order valence-electron chi connectivity index (χ1n) is 7.67. The summed E-state index contributed by atoms with van der Waals surface area (Å²) in [5.74, 6) is 2.05. The van der Waals surface area contributed by atoms with Crippen LogP contribution in [-0.2, 0) is 11.2 Å². The molecule has 2 aliphatic heterocycles. The lowest BCUT2D eigenvalue weighted by Gasteiger charge is -2.38. The van der Waals surface area contributed by atoms with Crippen LogP contribution in [0.3, 0.4) is 0 Å². The lowest BCUT2D eigenvalue weighted by Crippen LogP contribution is -2.52. The van der Waals surface area contributed by atoms with Gasteiger partial charge in [0.05, 0.1) is 0 Å². The first kappa shape index (κ1) is 14.6. The molecule has 0 aliphatic carbocycles. The molecule has 5 nitrogen and oxygen atoms in total. The van der Waals surface area contributed by atoms with Crippen LogP contribution < -0.4 is 4.90 Å². The summed E-state index contributed by atoms with van der Waals surface area (Å²) in [5, 5.41) is 0.549. The van der Waals surface area contributed by atoms with E-state index in [1.54, 1.807) is 0 Å². The van der Waals surface area contributed by atoms with Crippen LogP contribution in [0.5, 0.6) is 0 Å². The number of hydrogen-bond acceptors (Lipinski definition) is 4. The van der Waals surface area contributed by atoms with Crippen molar-refractivity contribution in [3.8, 4) is 0 Å². The number of carbonyl (C=O) groups is 1. The SMILES string of the molecule is CCCc1nc(Cl)c(C)c(N2CCN3C(=O)CCC3C2)n1. The molecule has 1 aromatic heterocycles. The van der Waals surface area contributed by atoms with Gasteiger partial charge in [0, 0.05) is 44.1 Å². The van der Waals surface area contributed by atoms with Gasteiger partial charge in [0.15, 0.2) is 0 Å². The maximum Gasteiger partial charge on any atom is 0.223 e. The predicted octanol–water partition coefficient (Wildman–Crippen LogP) is 2.20. The fourth-order valence-electron chi connectivity index (χ4n) is 3.22. The van der Waals surface area contributed by atoms with E-state index in [4.69, 9.17) is 16.6 Å². The zero-order valence-corrected chi connectivity index (χ0v) is 13.4. The molecule has 2 fully saturated rings. The van der Waals surface area contributed by atoms with Crippen molar-refractivity contribution in [1.29, 1.82) is 0 Å². The van der Waals surface area contributed by atoms with Crippen molar-refractivity contribution in [3.63, 3.8) is 0 Å². The highest BCUT2D eigenvalue weighted by atomic mass is 35.5. The summed E-state index contributed by atoms with van der Waals surface area (Å²) in [6.07, 6.45) is 3.48. The molecule has 0 N–H and O–H groups in total. The molecule has 0 radical (unpaired) electrons. The Labute approximate surface area is 130 Å². The Morgan fingerprint density at radius 2 is 2.14 bits per heavy atom. The van der Waals surface area contributed by atoms with Crippen molar-refractivity contribution in [1.82, 2.24) is 14.9 Å². The third-order valence-electron chi connectivity index (χ3n) is 4.37. The van der Waals surface area contributed by atoms with E-state index in [-0.39, 0.29) is 0 Å². The standard InChI is InChI=1S/C15H21ClN4O/c1-3-4-12-17-14(16)10(2)15(18-12)19-7-8-20-11(9-19)5-6-13(20)21/h11H,3-9H2,1-2H3. The van der Waals surface area contributed by atoms with Gasteiger partial charge < -0.3 is 9.80 Å². The second-order valence-electron chi connectivity index (χ2n) is 5.85. The lowest BCUT2D eigenvalue weighted by atomic mass is 10.1. The Morgan fingerprint density at radius 1 is 1.33 bits per heavy atom. The maximum absolute atomic E-state index is 11.8. The van der Waals surface area contributed by atoms with Gasteiger partial charge in [-0.2, -0.15) is 0 Å². The van der Waals surface area contributed by atoms with Crippen LogP contribution in [0.1, 0.15) is 37.6 Å². The number of rotatable bonds is 3. The molecule has 6 heteroatoms. The molecular weight excluding hydrogens is 288 g/mol. The van der Waals surface area contributed by atoms with E-state index >= 15 is 0 Å². The van der Waals surface area contributed by atoms with Crippen LogP contribution in [0.4, 0.5) is 5.82 Å². The van der Waals surface area contributed by atoms with Gasteiger partial charge in [0.2, 0.25) is 5.91 Å². The van der Waals surface area contributed by atoms with Crippen LogP contribution in [0.2, 0.25) is 5.15 Å². The van der Waals surface area contributed by atoms with Crippen molar-refractivity contribution in [2.24, 2.45) is 0 Å². The number of hydrogen-bond donors (Lipinski definition) is 0. The summed E-state index contributed by atoms with van der Waals surface area (Å²) in [6, 6.07) is 0.328. The minimum absolute atomic E-state index is 0.295. The van der Waals surface area contributed by atoms with Crippen molar-refractivity contribution in [2.75, 3.05) is 24.5 Å². The topological polar surface area (TPSA) is 49.3 Å². The first-order valence-corrected chi connectivity index (χ1v) is 8.05. The van der Waals surface area contributed by atoms with E-state index in [1.807, 2.05) is 11.8 Å². The molecular formula is C15H21ClN4O. The summed E-state index contributed by atoms with van der Waals surface area (Å²) in [7, 11) is 0. The maximum atomic E-state index is 11.8. The minimum atomic E-state index is 0.295. The third-order valence-corrected chi connectivity index (χ3v) is 4.74. The molecule has 1 aromatic rings. The number of carbonyl (C=O) groups excluding carboxylic acids is 1. The average molecular weight is 309 g/mol. The summed E-state index contributed by atoms with van der Waals surface area (Å²) < 4.78 is 0. The van der Waals surface area contributed by atoms with E-state index in [0.717, 1.165) is 56.1 Å². The predicted molar refractivity (Wildman–Crippen MR) is 82.7 cm³/mol. The number of anilines is 1. The van der Waals surface area contributed by atoms with Gasteiger partial charge in [-0.25, -0.2) is 9.97 Å². The van der Waals surface area contributed by atoms with Gasteiger partial charge in [0.25, 0.3) is 0 Å². The zero-order chi connectivity index (χ0) is 15.0. The Morgan fingerprint density at radius 3 is 2.90 bits per heavy atom. The Kier molecular flexibility index (Phi) is 4.02. The molecule has 3 rings (SSSR count). The van der Waals surface area contributed by atoms with Crippen molar-refractivity contribution in [3.05, 3.63) is 16.5 Å². The quantitative estimate of drug-likeness (QED) is 0.803. The second-order valence-corrected chi connectivity index (χ2v) is 6.21. The number of piperazine rings is 1. The van der Waals surface area contributed by atoms with Crippen molar-refractivity contribution in [2.45, 2.75) is 45.6 Å². The number of nitrogens with zero attached hydrogens (tertiary/aromatic N) is 4. The van der Waals surface area contributed by atoms with E-state index in [1.165, 1.54) is 0 Å². The monoisotopic (exact) mass is 308 g/mol. The molecule has 114 valence electrons. The second kappa shape index (κ2) is 5.79. The largest absolute Gasteiger partial charge is 0.352 e. The molecule has 1 atom stereocenters. The van der Waals surface area contributed by atoms with Gasteiger partial charge in [-0.05, 0) is 19.8 Å². The average Bonchev–Trinajstić information content (AvgIpc) is 2.84. The number of fused-ring (bicyclic) bond motifs is 1. The van der Waals surface area contributed by atoms with Gasteiger partial charge in [0.1, 0.15) is 16.8 Å². The normalized spacial score (nSPS) is 21.9. The van der Waals surface area contributed by atoms with Crippen molar-refractivity contribution < 1.29 is 4.79 Å². The highest BCUT2D eigenvalue weighted by Gasteiger charge is 2.36. The fourth-order valence-corrected chi connectivity index (χ4v) is 3.40. The van der Waals surface area contributed by atoms with Crippen molar-refractivity contribution >= 4 is 23.3 Å². The summed E-state index contributed by atoms with van der Waals surface area (Å²) in [5.41, 5.74) is 0.939. The number of amides is 1. The fraction of sp³-hybridized carbons (Fsp3) is 0.667. The van der Waals surface area contributed by atoms with E-state index in [9.17, 15) is 4.79 Å². The molecule has 0 spiro atoms. The molecule has 0 bridgehead atoms. The Balaban J connectivity index is 1.85. The molecule has 2 aliphatic rings. The van der Waals surface area contributed by atoms with Gasteiger partial charge >= 0.3 is 0 Å². The van der Waals surface area contributed by atoms with Crippen LogP contribution in [0.15, 0.2) is 0 Å². The summed E-state index contributed by atoms with van der Waals surface area (Å²) >= 11 is 6.27. The van der Waals surface area contributed by atoms with Crippen LogP contribution in [0, 0.1) is 6.92 Å². The summed E-state index contributed by atoms with van der Waals surface area (Å²) in [4.78, 5) is 25.1. The van der Waals surface area contributed by atoms with Crippen LogP contribution in [0.25, 0.3) is 0 Å². The van der Waals surface area contributed by atoms with Gasteiger partial charge in [-0.15, -0.1) is 0 Å². The molecule has 1 amide bonds. The number of halogens is 1. The molecule has 0 saturated carbocycles. The molecule has 1 unspecified atom stereocenters. The van der Waals surface area contributed by atoms with E-state index in [0.29, 0.717) is 23.5 Å². The van der Waals surface area contributed by atoms with E-state index < -0.39 is 0 Å². The molecule has 2 saturated heterocycles. The van der Waals surface area contributed by atoms with Crippen LogP contribution in [-0.4, -0.2) is 46.5 Å². The third kappa shape index (κ3) is 2.71. The smallest absolute Gasteiger partial charge is 0.223 e. The van der Waals surface area contributed by atoms with Gasteiger partial charge in [-0.1, -0.05) is 18.5 Å². The minimum Gasteiger partial charge on any atom is -0.352 e.